The molecule has 0 aliphatic heterocycles. The van der Waals surface area contributed by atoms with Crippen molar-refractivity contribution in [3.63, 3.8) is 0 Å². The average molecular weight is 286 g/mol. The normalized spacial score (nSPS) is 11.7. The smallest absolute Gasteiger partial charge is 0.318 e. The number of rotatable bonds is 2. The second-order valence-corrected chi connectivity index (χ2v) is 5.17. The number of alkyl halides is 3. The highest BCUT2D eigenvalue weighted by Gasteiger charge is 2.38. The van der Waals surface area contributed by atoms with E-state index in [1.165, 1.54) is 18.2 Å². The quantitative estimate of drug-likeness (QED) is 0.668. The third-order valence-electron chi connectivity index (χ3n) is 2.47. The van der Waals surface area contributed by atoms with E-state index in [9.17, 15) is 22.8 Å². The Morgan fingerprint density at radius 1 is 1.20 bits per heavy atom. The average Bonchev–Trinajstić information content (AvgIpc) is 2.26. The Kier molecular flexibility index (Phi) is 4.35. The van der Waals surface area contributed by atoms with Gasteiger partial charge >= 0.3 is 12.1 Å². The van der Waals surface area contributed by atoms with Crippen LogP contribution in [0.15, 0.2) is 23.2 Å². The Bertz CT molecular complexity index is 568. The van der Waals surface area contributed by atoms with Gasteiger partial charge in [0.15, 0.2) is 0 Å². The van der Waals surface area contributed by atoms with E-state index in [1.807, 2.05) is 20.8 Å². The monoisotopic (exact) mass is 286 g/mol. The van der Waals surface area contributed by atoms with Crippen LogP contribution in [0.5, 0.6) is 0 Å². The van der Waals surface area contributed by atoms with Crippen LogP contribution >= 0.6 is 0 Å². The first-order valence-corrected chi connectivity index (χ1v) is 5.65. The summed E-state index contributed by atoms with van der Waals surface area (Å²) in [7, 11) is 0. The lowest BCUT2D eigenvalue weighted by atomic mass is 9.86. The summed E-state index contributed by atoms with van der Waals surface area (Å²) in [5, 5.41) is 1.74. The summed E-state index contributed by atoms with van der Waals surface area (Å²) in [6.07, 6.45) is -3.67. The largest absolute Gasteiger partial charge is 0.471 e. The molecule has 1 aromatic rings. The highest BCUT2D eigenvalue weighted by Crippen LogP contribution is 2.30. The van der Waals surface area contributed by atoms with E-state index < -0.39 is 12.1 Å². The lowest BCUT2D eigenvalue weighted by Gasteiger charge is -2.20. The fourth-order valence-electron chi connectivity index (χ4n) is 1.44. The van der Waals surface area contributed by atoms with Gasteiger partial charge in [0.1, 0.15) is 0 Å². The lowest BCUT2D eigenvalue weighted by molar-refractivity contribution is -0.167. The minimum absolute atomic E-state index is 0.0752. The molecule has 1 aromatic carbocycles. The first kappa shape index (κ1) is 15.9. The minimum Gasteiger partial charge on any atom is -0.318 e. The Balaban J connectivity index is 3.23. The molecule has 4 nitrogen and oxygen atoms in total. The molecule has 1 rings (SSSR count). The van der Waals surface area contributed by atoms with Crippen LogP contribution in [0.25, 0.3) is 0 Å². The van der Waals surface area contributed by atoms with Gasteiger partial charge in [-0.3, -0.25) is 4.79 Å². The van der Waals surface area contributed by atoms with Crippen molar-refractivity contribution in [2.45, 2.75) is 32.4 Å². The molecule has 0 bridgehead atoms. The number of benzene rings is 1. The molecule has 0 aromatic heterocycles. The molecular formula is C13H13F3N2O2. The van der Waals surface area contributed by atoms with Crippen LogP contribution in [-0.4, -0.2) is 18.2 Å². The second-order valence-electron chi connectivity index (χ2n) is 5.17. The molecule has 0 unspecified atom stereocenters. The Morgan fingerprint density at radius 2 is 1.80 bits per heavy atom. The Morgan fingerprint density at radius 3 is 2.25 bits per heavy atom. The molecule has 0 aliphatic rings. The van der Waals surface area contributed by atoms with Crippen molar-refractivity contribution in [3.8, 4) is 0 Å². The summed E-state index contributed by atoms with van der Waals surface area (Å²) in [6, 6.07) is 4.13. The second kappa shape index (κ2) is 5.46. The number of carbonyl (C=O) groups excluding carboxylic acids is 2. The molecular weight excluding hydrogens is 273 g/mol. The van der Waals surface area contributed by atoms with E-state index >= 15 is 0 Å². The van der Waals surface area contributed by atoms with Crippen LogP contribution in [0.3, 0.4) is 0 Å². The molecule has 1 N–H and O–H groups in total. The van der Waals surface area contributed by atoms with Crippen molar-refractivity contribution in [1.82, 2.24) is 0 Å². The molecule has 0 fully saturated rings. The minimum atomic E-state index is -4.98. The fourth-order valence-corrected chi connectivity index (χ4v) is 1.44. The molecule has 0 saturated heterocycles. The van der Waals surface area contributed by atoms with Gasteiger partial charge in [0.2, 0.25) is 6.08 Å². The summed E-state index contributed by atoms with van der Waals surface area (Å²) in [5.41, 5.74) is 0.302. The maximum absolute atomic E-state index is 12.2. The zero-order valence-electron chi connectivity index (χ0n) is 11.1. The first-order chi connectivity index (χ1) is 9.04. The van der Waals surface area contributed by atoms with Gasteiger partial charge < -0.3 is 5.32 Å². The number of hydrogen-bond donors (Lipinski definition) is 1. The number of halogens is 3. The van der Waals surface area contributed by atoms with Crippen LogP contribution in [0.2, 0.25) is 0 Å². The first-order valence-electron chi connectivity index (χ1n) is 5.65. The van der Waals surface area contributed by atoms with E-state index in [0.717, 1.165) is 0 Å². The van der Waals surface area contributed by atoms with E-state index in [1.54, 1.807) is 11.4 Å². The zero-order chi connectivity index (χ0) is 15.6. The molecule has 108 valence electrons. The van der Waals surface area contributed by atoms with Crippen LogP contribution in [0.1, 0.15) is 26.3 Å². The lowest BCUT2D eigenvalue weighted by Crippen LogP contribution is -2.30. The van der Waals surface area contributed by atoms with E-state index in [0.29, 0.717) is 5.56 Å². The number of nitrogens with one attached hydrogen (secondary N) is 1. The third-order valence-corrected chi connectivity index (χ3v) is 2.47. The van der Waals surface area contributed by atoms with Gasteiger partial charge in [0, 0.05) is 5.69 Å². The van der Waals surface area contributed by atoms with Crippen LogP contribution in [0, 0.1) is 0 Å². The van der Waals surface area contributed by atoms with Gasteiger partial charge in [-0.25, -0.2) is 4.79 Å². The van der Waals surface area contributed by atoms with Gasteiger partial charge in [0.25, 0.3) is 0 Å². The van der Waals surface area contributed by atoms with Gasteiger partial charge in [-0.05, 0) is 29.2 Å². The van der Waals surface area contributed by atoms with Crippen molar-refractivity contribution >= 4 is 23.4 Å². The number of isocyanates is 1. The topological polar surface area (TPSA) is 58.5 Å². The summed E-state index contributed by atoms with van der Waals surface area (Å²) < 4.78 is 36.7. The maximum Gasteiger partial charge on any atom is 0.471 e. The number of nitrogens with zero attached hydrogens (tertiary/aromatic N) is 1. The third kappa shape index (κ3) is 4.20. The molecule has 0 spiro atoms. The Hall–Kier alpha value is -2.14. The van der Waals surface area contributed by atoms with Crippen LogP contribution < -0.4 is 5.32 Å². The van der Waals surface area contributed by atoms with Crippen molar-refractivity contribution in [1.29, 1.82) is 0 Å². The summed E-state index contributed by atoms with van der Waals surface area (Å²) in [4.78, 5) is 24.6. The van der Waals surface area contributed by atoms with Gasteiger partial charge in [0.05, 0.1) is 5.69 Å². The van der Waals surface area contributed by atoms with Gasteiger partial charge in [-0.1, -0.05) is 20.8 Å². The summed E-state index contributed by atoms with van der Waals surface area (Å²) >= 11 is 0. The number of amides is 1. The van der Waals surface area contributed by atoms with Gasteiger partial charge in [-0.2, -0.15) is 18.2 Å². The number of anilines is 1. The molecule has 0 heterocycles. The number of hydrogen-bond acceptors (Lipinski definition) is 3. The maximum atomic E-state index is 12.2. The van der Waals surface area contributed by atoms with Gasteiger partial charge in [-0.15, -0.1) is 0 Å². The number of aliphatic imine (C=N–C) groups is 1. The van der Waals surface area contributed by atoms with Crippen molar-refractivity contribution in [2.24, 2.45) is 4.99 Å². The highest BCUT2D eigenvalue weighted by atomic mass is 19.4. The predicted octanol–water partition coefficient (Wildman–Crippen LogP) is 3.45. The molecule has 7 heteroatoms. The molecule has 1 amide bonds. The van der Waals surface area contributed by atoms with Crippen molar-refractivity contribution in [2.75, 3.05) is 5.32 Å². The van der Waals surface area contributed by atoms with E-state index in [-0.39, 0.29) is 16.8 Å². The highest BCUT2D eigenvalue weighted by molar-refractivity contribution is 5.95. The number of carbonyl (C=O) groups is 1. The van der Waals surface area contributed by atoms with Crippen molar-refractivity contribution in [3.05, 3.63) is 23.8 Å². The SMILES string of the molecule is CC(C)(C)c1cc(N=C=O)cc(NC(=O)C(F)(F)F)c1. The standard InChI is InChI=1S/C13H13F3N2O2/c1-12(2,3)8-4-9(17-7-19)6-10(5-8)18-11(20)13(14,15)16/h4-6H,1-3H3,(H,18,20). The molecule has 0 atom stereocenters. The molecule has 20 heavy (non-hydrogen) atoms. The van der Waals surface area contributed by atoms with Crippen molar-refractivity contribution < 1.29 is 22.8 Å². The van der Waals surface area contributed by atoms with E-state index in [4.69, 9.17) is 0 Å². The summed E-state index contributed by atoms with van der Waals surface area (Å²) in [5.74, 6) is -2.08. The molecule has 0 aliphatic carbocycles. The van der Waals surface area contributed by atoms with E-state index in [2.05, 4.69) is 4.99 Å². The van der Waals surface area contributed by atoms with Crippen LogP contribution in [0.4, 0.5) is 24.5 Å². The zero-order valence-corrected chi connectivity index (χ0v) is 11.1. The Labute approximate surface area is 113 Å². The summed E-state index contributed by atoms with van der Waals surface area (Å²) in [6.45, 7) is 5.52. The molecule has 0 radical (unpaired) electrons. The van der Waals surface area contributed by atoms with Crippen LogP contribution in [-0.2, 0) is 15.0 Å². The fraction of sp³-hybridized carbons (Fsp3) is 0.385. The molecule has 0 saturated carbocycles. The predicted molar refractivity (Wildman–Crippen MR) is 67.6 cm³/mol.